The zero-order valence-electron chi connectivity index (χ0n) is 16.5. The number of amides is 1. The Kier molecular flexibility index (Phi) is 6.54. The molecule has 0 unspecified atom stereocenters. The van der Waals surface area contributed by atoms with Crippen LogP contribution in [-0.2, 0) is 21.2 Å². The zero-order chi connectivity index (χ0) is 21.0. The van der Waals surface area contributed by atoms with Gasteiger partial charge in [0.15, 0.2) is 0 Å². The second kappa shape index (κ2) is 8.92. The number of nitrogens with one attached hydrogen (secondary N) is 1. The van der Waals surface area contributed by atoms with E-state index in [4.69, 9.17) is 4.74 Å². The summed E-state index contributed by atoms with van der Waals surface area (Å²) in [5, 5.41) is 0. The second-order valence-electron chi connectivity index (χ2n) is 7.25. The number of hydrogen-bond acceptors (Lipinski definition) is 4. The van der Waals surface area contributed by atoms with Gasteiger partial charge in [-0.3, -0.25) is 0 Å². The average Bonchev–Trinajstić information content (AvgIpc) is 2.69. The van der Waals surface area contributed by atoms with Crippen molar-refractivity contribution >= 4 is 16.1 Å². The van der Waals surface area contributed by atoms with Crippen molar-refractivity contribution in [1.29, 1.82) is 0 Å². The third-order valence-electron chi connectivity index (χ3n) is 5.14. The maximum atomic E-state index is 14.6. The number of hydrogen-bond donors (Lipinski definition) is 1. The van der Waals surface area contributed by atoms with Crippen molar-refractivity contribution in [3.05, 3.63) is 59.9 Å². The molecule has 29 heavy (non-hydrogen) atoms. The molecular formula is C21H25FN2O4S. The first-order valence-corrected chi connectivity index (χ1v) is 11.3. The molecule has 2 atom stereocenters. The molecule has 1 heterocycles. The number of rotatable bonds is 5. The van der Waals surface area contributed by atoms with E-state index in [1.165, 1.54) is 18.1 Å². The van der Waals surface area contributed by atoms with E-state index in [0.717, 1.165) is 17.4 Å². The van der Waals surface area contributed by atoms with E-state index in [9.17, 15) is 17.6 Å². The smallest absolute Gasteiger partial charge is 0.409 e. The van der Waals surface area contributed by atoms with Crippen molar-refractivity contribution < 1.29 is 22.3 Å². The highest BCUT2D eigenvalue weighted by molar-refractivity contribution is 7.88. The summed E-state index contributed by atoms with van der Waals surface area (Å²) >= 11 is 0. The molecule has 156 valence electrons. The van der Waals surface area contributed by atoms with Crippen molar-refractivity contribution in [3.63, 3.8) is 0 Å². The van der Waals surface area contributed by atoms with Gasteiger partial charge in [0.1, 0.15) is 5.82 Å². The van der Waals surface area contributed by atoms with Crippen LogP contribution in [0.2, 0.25) is 0 Å². The van der Waals surface area contributed by atoms with Gasteiger partial charge >= 0.3 is 6.09 Å². The normalized spacial score (nSPS) is 19.8. The third-order valence-corrected chi connectivity index (χ3v) is 5.87. The van der Waals surface area contributed by atoms with Crippen molar-refractivity contribution in [2.75, 3.05) is 19.9 Å². The average molecular weight is 421 g/mol. The zero-order valence-corrected chi connectivity index (χ0v) is 17.3. The summed E-state index contributed by atoms with van der Waals surface area (Å²) in [6, 6.07) is 13.4. The van der Waals surface area contributed by atoms with Crippen LogP contribution < -0.4 is 4.72 Å². The number of nitrogens with zero attached hydrogens (tertiary/aromatic N) is 1. The lowest BCUT2D eigenvalue weighted by molar-refractivity contribution is 0.0790. The van der Waals surface area contributed by atoms with Crippen LogP contribution in [0.1, 0.15) is 18.4 Å². The standard InChI is InChI=1S/C21H25FN2O4S/c1-28-21(25)24-12-6-9-19(23-29(2,26)27)20(24)14-17-13-16(10-11-18(17)22)15-7-4-3-5-8-15/h3-5,7-8,10-11,13,19-20,23H,6,9,12,14H2,1-2H3/t19-,20-/m1/s1. The monoisotopic (exact) mass is 420 g/mol. The van der Waals surface area contributed by atoms with Crippen molar-refractivity contribution in [1.82, 2.24) is 9.62 Å². The van der Waals surface area contributed by atoms with Crippen LogP contribution in [0.25, 0.3) is 11.1 Å². The van der Waals surface area contributed by atoms with Gasteiger partial charge < -0.3 is 9.64 Å². The molecule has 0 spiro atoms. The van der Waals surface area contributed by atoms with Crippen LogP contribution in [0.15, 0.2) is 48.5 Å². The molecule has 8 heteroatoms. The molecule has 2 aromatic carbocycles. The quantitative estimate of drug-likeness (QED) is 0.806. The van der Waals surface area contributed by atoms with Gasteiger partial charge in [-0.15, -0.1) is 0 Å². The van der Waals surface area contributed by atoms with Gasteiger partial charge in [0, 0.05) is 12.6 Å². The van der Waals surface area contributed by atoms with E-state index < -0.39 is 34.0 Å². The minimum Gasteiger partial charge on any atom is -0.453 e. The lowest BCUT2D eigenvalue weighted by atomic mass is 9.90. The van der Waals surface area contributed by atoms with E-state index in [0.29, 0.717) is 24.9 Å². The van der Waals surface area contributed by atoms with Gasteiger partial charge in [0.05, 0.1) is 19.4 Å². The number of benzene rings is 2. The minimum atomic E-state index is -3.49. The summed E-state index contributed by atoms with van der Waals surface area (Å²) in [4.78, 5) is 13.8. The summed E-state index contributed by atoms with van der Waals surface area (Å²) in [5.74, 6) is -0.391. The highest BCUT2D eigenvalue weighted by Crippen LogP contribution is 2.27. The Morgan fingerprint density at radius 1 is 1.21 bits per heavy atom. The molecule has 0 saturated carbocycles. The maximum Gasteiger partial charge on any atom is 0.409 e. The molecule has 0 aliphatic carbocycles. The number of sulfonamides is 1. The maximum absolute atomic E-state index is 14.6. The Morgan fingerprint density at radius 2 is 1.93 bits per heavy atom. The molecule has 1 aliphatic heterocycles. The fraction of sp³-hybridized carbons (Fsp3) is 0.381. The molecule has 1 saturated heterocycles. The van der Waals surface area contributed by atoms with Crippen LogP contribution >= 0.6 is 0 Å². The van der Waals surface area contributed by atoms with E-state index in [-0.39, 0.29) is 6.42 Å². The number of likely N-dealkylation sites (tertiary alicyclic amines) is 1. The summed E-state index contributed by atoms with van der Waals surface area (Å²) in [7, 11) is -2.21. The molecule has 2 aromatic rings. The van der Waals surface area contributed by atoms with E-state index in [1.807, 2.05) is 30.3 Å². The molecule has 0 bridgehead atoms. The fourth-order valence-electron chi connectivity index (χ4n) is 3.83. The largest absolute Gasteiger partial charge is 0.453 e. The molecule has 1 fully saturated rings. The molecule has 1 amide bonds. The summed E-state index contributed by atoms with van der Waals surface area (Å²) in [6.45, 7) is 0.430. The highest BCUT2D eigenvalue weighted by Gasteiger charge is 2.36. The van der Waals surface area contributed by atoms with E-state index in [1.54, 1.807) is 12.1 Å². The second-order valence-corrected chi connectivity index (χ2v) is 9.03. The van der Waals surface area contributed by atoms with Crippen molar-refractivity contribution in [2.45, 2.75) is 31.3 Å². The van der Waals surface area contributed by atoms with Crippen LogP contribution in [0, 0.1) is 5.82 Å². The minimum absolute atomic E-state index is 0.175. The number of piperidine rings is 1. The van der Waals surface area contributed by atoms with Crippen LogP contribution in [0.5, 0.6) is 0 Å². The summed E-state index contributed by atoms with van der Waals surface area (Å²) in [5.41, 5.74) is 2.23. The molecule has 0 radical (unpaired) electrons. The van der Waals surface area contributed by atoms with Gasteiger partial charge in [-0.05, 0) is 48.1 Å². The Morgan fingerprint density at radius 3 is 2.59 bits per heavy atom. The van der Waals surface area contributed by atoms with Gasteiger partial charge in [-0.25, -0.2) is 22.3 Å². The van der Waals surface area contributed by atoms with Crippen LogP contribution in [-0.4, -0.2) is 51.4 Å². The number of methoxy groups -OCH3 is 1. The van der Waals surface area contributed by atoms with Crippen LogP contribution in [0.4, 0.5) is 9.18 Å². The number of carbonyl (C=O) groups is 1. The lowest BCUT2D eigenvalue weighted by Crippen LogP contribution is -2.57. The topological polar surface area (TPSA) is 75.7 Å². The Hall–Kier alpha value is -2.45. The Bertz CT molecular complexity index is 966. The molecule has 1 N–H and O–H groups in total. The van der Waals surface area contributed by atoms with Crippen LogP contribution in [0.3, 0.4) is 0 Å². The van der Waals surface area contributed by atoms with Gasteiger partial charge in [0.25, 0.3) is 0 Å². The van der Waals surface area contributed by atoms with Crippen molar-refractivity contribution in [3.8, 4) is 11.1 Å². The predicted octanol–water partition coefficient (Wildman–Crippen LogP) is 3.18. The van der Waals surface area contributed by atoms with E-state index in [2.05, 4.69) is 4.72 Å². The first kappa shape index (κ1) is 21.3. The fourth-order valence-corrected chi connectivity index (χ4v) is 4.66. The summed E-state index contributed by atoms with van der Waals surface area (Å²) < 4.78 is 45.8. The van der Waals surface area contributed by atoms with E-state index >= 15 is 0 Å². The summed E-state index contributed by atoms with van der Waals surface area (Å²) in [6.07, 6.45) is 1.90. The Labute approximate surface area is 170 Å². The number of ether oxygens (including phenoxy) is 1. The Balaban J connectivity index is 1.95. The molecule has 1 aliphatic rings. The SMILES string of the molecule is COC(=O)N1CCC[C@@H](NS(C)(=O)=O)[C@H]1Cc1cc(-c2ccccc2)ccc1F. The van der Waals surface area contributed by atoms with Crippen molar-refractivity contribution in [2.24, 2.45) is 0 Å². The third kappa shape index (κ3) is 5.33. The first-order valence-electron chi connectivity index (χ1n) is 9.44. The van der Waals surface area contributed by atoms with Gasteiger partial charge in [0.2, 0.25) is 10.0 Å². The number of carbonyl (C=O) groups excluding carboxylic acids is 1. The highest BCUT2D eigenvalue weighted by atomic mass is 32.2. The lowest BCUT2D eigenvalue weighted by Gasteiger charge is -2.40. The number of halogens is 1. The van der Waals surface area contributed by atoms with Gasteiger partial charge in [-0.1, -0.05) is 36.4 Å². The molecule has 0 aromatic heterocycles. The molecular weight excluding hydrogens is 395 g/mol. The molecule has 6 nitrogen and oxygen atoms in total. The first-order chi connectivity index (χ1) is 13.8. The van der Waals surface area contributed by atoms with Gasteiger partial charge in [-0.2, -0.15) is 0 Å². The predicted molar refractivity (Wildman–Crippen MR) is 109 cm³/mol. The molecule has 3 rings (SSSR count).